The van der Waals surface area contributed by atoms with Gasteiger partial charge in [-0.1, -0.05) is 0 Å². The number of imidazole rings is 1. The Morgan fingerprint density at radius 2 is 2.03 bits per heavy atom. The Labute approximate surface area is 194 Å². The van der Waals surface area contributed by atoms with Crippen molar-refractivity contribution in [2.75, 3.05) is 24.6 Å². The Morgan fingerprint density at radius 1 is 1.21 bits per heavy atom. The predicted molar refractivity (Wildman–Crippen MR) is 130 cm³/mol. The first kappa shape index (κ1) is 20.8. The number of piperidine rings is 1. The highest BCUT2D eigenvalue weighted by Crippen LogP contribution is 2.49. The topological polar surface area (TPSA) is 94.1 Å². The molecule has 2 saturated heterocycles. The highest BCUT2D eigenvalue weighted by molar-refractivity contribution is 6.12. The largest absolute Gasteiger partial charge is 0.390 e. The first-order chi connectivity index (χ1) is 16.0. The van der Waals surface area contributed by atoms with Crippen LogP contribution in [0.5, 0.6) is 0 Å². The average Bonchev–Trinajstić information content (AvgIpc) is 3.51. The normalized spacial score (nSPS) is 22.8. The van der Waals surface area contributed by atoms with Crippen LogP contribution in [0, 0.1) is 5.41 Å². The summed E-state index contributed by atoms with van der Waals surface area (Å²) in [5, 5.41) is 14.7. The van der Waals surface area contributed by atoms with Gasteiger partial charge in [0.15, 0.2) is 11.5 Å². The number of aliphatic hydroxyl groups excluding tert-OH is 1. The number of hydrogen-bond donors (Lipinski definition) is 1. The van der Waals surface area contributed by atoms with Crippen LogP contribution in [0.4, 0.5) is 5.82 Å². The van der Waals surface area contributed by atoms with Crippen LogP contribution in [0.1, 0.15) is 25.5 Å². The maximum Gasteiger partial charge on any atom is 0.182 e. The molecule has 33 heavy (non-hydrogen) atoms. The average molecular weight is 464 g/mol. The van der Waals surface area contributed by atoms with Crippen LogP contribution in [-0.2, 0) is 18.4 Å². The standard InChI is InChI=1S/C23H29N7O2Si/c1-14-20(33)23(12-32-14)5-7-29(8-6-23)21-18(11-31)27-22-17(26-21)10-25-30(22)15-3-4-16-19(9-15)28(2)13-24-16/h3-4,9-10,13-14,20,31H,5-8,11-12H2,1-2,33H3/t14-,20?/m0/s1. The first-order valence-corrected chi connectivity index (χ1v) is 12.8. The third-order valence-electron chi connectivity index (χ3n) is 7.92. The summed E-state index contributed by atoms with van der Waals surface area (Å²) in [6.07, 6.45) is 6.13. The number of hydrogen-bond acceptors (Lipinski definition) is 7. The van der Waals surface area contributed by atoms with E-state index in [1.165, 1.54) is 0 Å². The molecule has 1 spiro atoms. The van der Waals surface area contributed by atoms with Crippen LogP contribution in [0.25, 0.3) is 27.9 Å². The van der Waals surface area contributed by atoms with Crippen molar-refractivity contribution in [2.45, 2.75) is 38.0 Å². The summed E-state index contributed by atoms with van der Waals surface area (Å²) in [4.78, 5) is 16.4. The molecule has 0 aliphatic carbocycles. The molecule has 2 aliphatic rings. The lowest BCUT2D eigenvalue weighted by Gasteiger charge is -2.42. The van der Waals surface area contributed by atoms with Gasteiger partial charge >= 0.3 is 0 Å². The van der Waals surface area contributed by atoms with Crippen LogP contribution >= 0.6 is 0 Å². The minimum absolute atomic E-state index is 0.157. The molecule has 6 rings (SSSR count). The summed E-state index contributed by atoms with van der Waals surface area (Å²) in [7, 11) is 3.13. The van der Waals surface area contributed by atoms with E-state index >= 15 is 0 Å². The number of aromatic nitrogens is 6. The molecule has 5 heterocycles. The molecule has 2 atom stereocenters. The maximum absolute atomic E-state index is 10.2. The van der Waals surface area contributed by atoms with Crippen molar-refractivity contribution < 1.29 is 9.84 Å². The molecule has 4 aromatic rings. The first-order valence-electron chi connectivity index (χ1n) is 11.6. The lowest BCUT2D eigenvalue weighted by atomic mass is 9.76. The molecular weight excluding hydrogens is 434 g/mol. The molecule has 3 aromatic heterocycles. The van der Waals surface area contributed by atoms with Crippen molar-refractivity contribution in [1.29, 1.82) is 0 Å². The van der Waals surface area contributed by atoms with Crippen LogP contribution in [-0.4, -0.2) is 70.4 Å². The Hall–Kier alpha value is -2.82. The molecule has 2 aliphatic heterocycles. The highest BCUT2D eigenvalue weighted by atomic mass is 28.1. The van der Waals surface area contributed by atoms with Crippen molar-refractivity contribution in [1.82, 2.24) is 29.3 Å². The van der Waals surface area contributed by atoms with E-state index < -0.39 is 0 Å². The molecule has 9 nitrogen and oxygen atoms in total. The summed E-state index contributed by atoms with van der Waals surface area (Å²) < 4.78 is 9.77. The lowest BCUT2D eigenvalue weighted by Crippen LogP contribution is -2.43. The van der Waals surface area contributed by atoms with Crippen molar-refractivity contribution in [2.24, 2.45) is 12.5 Å². The van der Waals surface area contributed by atoms with Gasteiger partial charge in [-0.2, -0.15) is 5.10 Å². The number of fused-ring (bicyclic) bond motifs is 2. The molecule has 1 aromatic carbocycles. The van der Waals surface area contributed by atoms with E-state index in [2.05, 4.69) is 21.9 Å². The van der Waals surface area contributed by atoms with E-state index in [0.717, 1.165) is 70.8 Å². The molecule has 172 valence electrons. The SMILES string of the molecule is C[C@@H]1OCC2(CCN(c3nc4cnn(-c5ccc6ncn(C)c6c5)c4nc3CO)CC2)C1[SiH3]. The second kappa shape index (κ2) is 7.61. The third-order valence-corrected chi connectivity index (χ3v) is 10.1. The number of aliphatic hydroxyl groups is 1. The van der Waals surface area contributed by atoms with Crippen LogP contribution in [0.2, 0.25) is 5.54 Å². The van der Waals surface area contributed by atoms with Gasteiger partial charge in [-0.05, 0) is 48.9 Å². The zero-order chi connectivity index (χ0) is 22.7. The fraction of sp³-hybridized carbons (Fsp3) is 0.478. The summed E-state index contributed by atoms with van der Waals surface area (Å²) in [5.41, 5.74) is 5.83. The van der Waals surface area contributed by atoms with Crippen molar-refractivity contribution >= 4 is 38.3 Å². The Balaban J connectivity index is 1.34. The number of aryl methyl sites for hydroxylation is 1. The van der Waals surface area contributed by atoms with Gasteiger partial charge in [0, 0.05) is 30.4 Å². The molecule has 1 unspecified atom stereocenters. The predicted octanol–water partition coefficient (Wildman–Crippen LogP) is 1.35. The minimum Gasteiger partial charge on any atom is -0.390 e. The zero-order valence-corrected chi connectivity index (χ0v) is 21.3. The number of anilines is 1. The molecule has 10 heteroatoms. The second-order valence-electron chi connectivity index (χ2n) is 9.60. The number of ether oxygens (including phenoxy) is 1. The van der Waals surface area contributed by atoms with Gasteiger partial charge in [-0.15, -0.1) is 0 Å². The molecule has 1 N–H and O–H groups in total. The Morgan fingerprint density at radius 3 is 2.76 bits per heavy atom. The smallest absolute Gasteiger partial charge is 0.182 e. The summed E-state index contributed by atoms with van der Waals surface area (Å²) in [6.45, 7) is 4.75. The van der Waals surface area contributed by atoms with Crippen LogP contribution < -0.4 is 4.90 Å². The van der Waals surface area contributed by atoms with E-state index in [9.17, 15) is 5.11 Å². The van der Waals surface area contributed by atoms with Gasteiger partial charge in [-0.3, -0.25) is 0 Å². The number of rotatable bonds is 3. The maximum atomic E-state index is 10.2. The number of nitrogens with zero attached hydrogens (tertiary/aromatic N) is 7. The molecule has 0 bridgehead atoms. The van der Waals surface area contributed by atoms with Gasteiger partial charge in [0.2, 0.25) is 0 Å². The van der Waals surface area contributed by atoms with E-state index in [1.54, 1.807) is 17.2 Å². The minimum atomic E-state index is -0.157. The van der Waals surface area contributed by atoms with Gasteiger partial charge in [0.25, 0.3) is 0 Å². The van der Waals surface area contributed by atoms with Gasteiger partial charge in [0.1, 0.15) is 11.2 Å². The van der Waals surface area contributed by atoms with Crippen LogP contribution in [0.15, 0.2) is 30.7 Å². The quantitative estimate of drug-likeness (QED) is 0.459. The highest BCUT2D eigenvalue weighted by Gasteiger charge is 2.47. The molecule has 0 amide bonds. The van der Waals surface area contributed by atoms with Gasteiger partial charge < -0.3 is 19.3 Å². The molecular formula is C23H29N7O2Si. The monoisotopic (exact) mass is 463 g/mol. The van der Waals surface area contributed by atoms with Crippen molar-refractivity contribution in [3.05, 3.63) is 36.4 Å². The molecule has 0 radical (unpaired) electrons. The fourth-order valence-electron chi connectivity index (χ4n) is 5.50. The van der Waals surface area contributed by atoms with Crippen molar-refractivity contribution in [3.8, 4) is 5.69 Å². The molecule has 2 fully saturated rings. The third kappa shape index (κ3) is 3.19. The van der Waals surface area contributed by atoms with E-state index in [-0.39, 0.29) is 6.61 Å². The Bertz CT molecular complexity index is 1340. The van der Waals surface area contributed by atoms with E-state index in [0.29, 0.717) is 28.4 Å². The van der Waals surface area contributed by atoms with Crippen molar-refractivity contribution in [3.63, 3.8) is 0 Å². The van der Waals surface area contributed by atoms with Crippen LogP contribution in [0.3, 0.4) is 0 Å². The summed E-state index contributed by atoms with van der Waals surface area (Å²) >= 11 is 0. The van der Waals surface area contributed by atoms with E-state index in [1.807, 2.05) is 29.8 Å². The summed E-state index contributed by atoms with van der Waals surface area (Å²) in [6, 6.07) is 6.01. The second-order valence-corrected chi connectivity index (χ2v) is 10.8. The fourth-order valence-corrected chi connectivity index (χ4v) is 6.44. The zero-order valence-electron chi connectivity index (χ0n) is 19.3. The van der Waals surface area contributed by atoms with Gasteiger partial charge in [-0.25, -0.2) is 19.6 Å². The molecule has 0 saturated carbocycles. The Kier molecular flexibility index (Phi) is 4.79. The van der Waals surface area contributed by atoms with Gasteiger partial charge in [0.05, 0.1) is 48.6 Å². The summed E-state index contributed by atoms with van der Waals surface area (Å²) in [5.74, 6) is 0.776. The number of benzene rings is 1. The van der Waals surface area contributed by atoms with E-state index in [4.69, 9.17) is 14.7 Å². The lowest BCUT2D eigenvalue weighted by molar-refractivity contribution is 0.0975.